The van der Waals surface area contributed by atoms with Crippen molar-refractivity contribution in [2.75, 3.05) is 0 Å². The van der Waals surface area contributed by atoms with E-state index in [-0.39, 0.29) is 20.1 Å². The van der Waals surface area contributed by atoms with Crippen LogP contribution in [0.2, 0.25) is 17.3 Å². The van der Waals surface area contributed by atoms with Gasteiger partial charge in [-0.15, -0.1) is 6.07 Å². The van der Waals surface area contributed by atoms with E-state index in [1.54, 1.807) is 4.40 Å². The minimum Gasteiger partial charge on any atom is -0.482 e. The molecule has 0 amide bonds. The van der Waals surface area contributed by atoms with Crippen molar-refractivity contribution in [2.24, 2.45) is 5.92 Å². The van der Waals surface area contributed by atoms with Gasteiger partial charge in [-0.2, -0.15) is 0 Å². The molecule has 1 radical (unpaired) electrons. The zero-order chi connectivity index (χ0) is 44.5. The summed E-state index contributed by atoms with van der Waals surface area (Å²) >= 11 is -1.91. The summed E-state index contributed by atoms with van der Waals surface area (Å²) in [5, 5.41) is 2.02. The molecule has 6 nitrogen and oxygen atoms in total. The Bertz CT molecular complexity index is 3080. The van der Waals surface area contributed by atoms with Crippen LogP contribution in [-0.2, 0) is 26.5 Å². The van der Waals surface area contributed by atoms with Crippen LogP contribution in [0.25, 0.3) is 72.6 Å². The number of nitrogens with zero attached hydrogens (tertiary/aromatic N) is 5. The Morgan fingerprint density at radius 2 is 1.55 bits per heavy atom. The smallest absolute Gasteiger partial charge is 0.141 e. The van der Waals surface area contributed by atoms with E-state index < -0.39 is 13.3 Å². The molecule has 0 spiro atoms. The van der Waals surface area contributed by atoms with E-state index in [9.17, 15) is 0 Å². The van der Waals surface area contributed by atoms with E-state index >= 15 is 0 Å². The van der Waals surface area contributed by atoms with Crippen molar-refractivity contribution < 1.29 is 24.5 Å². The van der Waals surface area contributed by atoms with Crippen molar-refractivity contribution in [3.05, 3.63) is 156 Å². The van der Waals surface area contributed by atoms with E-state index in [1.165, 1.54) is 59.9 Å². The van der Waals surface area contributed by atoms with Gasteiger partial charge in [0, 0.05) is 37.4 Å². The van der Waals surface area contributed by atoms with Gasteiger partial charge in [0.15, 0.2) is 0 Å². The van der Waals surface area contributed by atoms with Crippen molar-refractivity contribution in [2.45, 2.75) is 102 Å². The first-order valence-electron chi connectivity index (χ1n) is 23.2. The van der Waals surface area contributed by atoms with Crippen LogP contribution in [0, 0.1) is 25.1 Å². The molecule has 1 aliphatic rings. The summed E-state index contributed by atoms with van der Waals surface area (Å²) in [6.45, 7) is 11.0. The number of aryl methyl sites for hydroxylation is 1. The second-order valence-electron chi connectivity index (χ2n) is 19.4. The molecule has 1 saturated carbocycles. The van der Waals surface area contributed by atoms with Crippen molar-refractivity contribution in [3.8, 4) is 39.5 Å². The maximum Gasteiger partial charge on any atom is 0.141 e. The van der Waals surface area contributed by atoms with Gasteiger partial charge >= 0.3 is 163 Å². The number of hydrogen-bond acceptors (Lipinski definition) is 5. The Labute approximate surface area is 401 Å². The Kier molecular flexibility index (Phi) is 14.1. The number of furan rings is 1. The van der Waals surface area contributed by atoms with Gasteiger partial charge in [0.2, 0.25) is 0 Å². The molecule has 5 heterocycles. The van der Waals surface area contributed by atoms with Crippen LogP contribution >= 0.6 is 0 Å². The summed E-state index contributed by atoms with van der Waals surface area (Å²) in [7, 11) is 0. The summed E-state index contributed by atoms with van der Waals surface area (Å²) in [5.74, 6) is 9.93. The quantitative estimate of drug-likeness (QED) is 0.106. The Balaban J connectivity index is 0.000000188. The number of aromatic nitrogens is 5. The van der Waals surface area contributed by atoms with Gasteiger partial charge < -0.3 is 14.0 Å². The zero-order valence-electron chi connectivity index (χ0n) is 39.0. The Hall–Kier alpha value is -5.21. The molecule has 0 bridgehead atoms. The molecule has 0 atom stereocenters. The first kappa shape index (κ1) is 46.3. The molecule has 0 unspecified atom stereocenters. The van der Waals surface area contributed by atoms with Gasteiger partial charge in [-0.25, -0.2) is 0 Å². The molecule has 8 heteroatoms. The fraction of sp³-hybridized carbons (Fsp3) is 0.298. The minimum atomic E-state index is -1.91. The third kappa shape index (κ3) is 9.84. The van der Waals surface area contributed by atoms with E-state index in [0.29, 0.717) is 17.5 Å². The maximum atomic E-state index is 6.21. The number of para-hydroxylation sites is 1. The van der Waals surface area contributed by atoms with Crippen LogP contribution in [0.5, 0.6) is 0 Å². The second kappa shape index (κ2) is 19.7. The summed E-state index contributed by atoms with van der Waals surface area (Å²) in [4.78, 5) is 19.1. The molecule has 9 aromatic rings. The fourth-order valence-corrected chi connectivity index (χ4v) is 12.8. The van der Waals surface area contributed by atoms with E-state index in [1.807, 2.05) is 25.3 Å². The molecule has 0 saturated heterocycles. The number of rotatable bonds is 9. The number of pyridine rings is 3. The normalized spacial score (nSPS) is 13.4. The number of benzene rings is 4. The summed E-state index contributed by atoms with van der Waals surface area (Å²) in [5.41, 5.74) is 14.8. The molecule has 333 valence electrons. The maximum absolute atomic E-state index is 6.21. The molecule has 4 aromatic carbocycles. The molecule has 5 aromatic heterocycles. The third-order valence-electron chi connectivity index (χ3n) is 12.8. The molecular formula is C57H59GeIrN5O-2. The van der Waals surface area contributed by atoms with Crippen molar-refractivity contribution >= 4 is 50.8 Å². The molecule has 65 heavy (non-hydrogen) atoms. The van der Waals surface area contributed by atoms with E-state index in [4.69, 9.17) is 14.4 Å². The topological polar surface area (TPSA) is 69.6 Å². The molecule has 1 fully saturated rings. The van der Waals surface area contributed by atoms with Gasteiger partial charge in [0.1, 0.15) is 11.3 Å². The third-order valence-corrected chi connectivity index (χ3v) is 17.1. The van der Waals surface area contributed by atoms with Crippen LogP contribution in [0.1, 0.15) is 94.0 Å². The van der Waals surface area contributed by atoms with Gasteiger partial charge in [-0.05, 0) is 59.3 Å². The Morgan fingerprint density at radius 1 is 0.785 bits per heavy atom. The average Bonchev–Trinajstić information content (AvgIpc) is 3.89. The Morgan fingerprint density at radius 3 is 2.31 bits per heavy atom. The SMILES string of the molecule is CC(C)Cc1cc(-c2[c-]ccc(C3CCCCC3)c2)nc[c]1[Ge]([CH3])([CH3])[CH3].Cc1nccc2c1nc(-c1[c-]nc3oc4c(C(C)C)cccc4c3c1)n2-c1cccc(-c2ccccc2)c1.[Ir]. The summed E-state index contributed by atoms with van der Waals surface area (Å²) < 4.78 is 9.95. The van der Waals surface area contributed by atoms with Gasteiger partial charge in [-0.3, -0.25) is 9.97 Å². The van der Waals surface area contributed by atoms with Gasteiger partial charge in [0.05, 0.1) is 22.6 Å². The van der Waals surface area contributed by atoms with Crippen LogP contribution < -0.4 is 4.40 Å². The molecule has 10 rings (SSSR count). The predicted molar refractivity (Wildman–Crippen MR) is 268 cm³/mol. The largest absolute Gasteiger partial charge is 0.482 e. The second-order valence-corrected chi connectivity index (χ2v) is 29.9. The van der Waals surface area contributed by atoms with Crippen LogP contribution in [0.3, 0.4) is 0 Å². The van der Waals surface area contributed by atoms with E-state index in [0.717, 1.165) is 73.8 Å². The van der Waals surface area contributed by atoms with Crippen molar-refractivity contribution in [3.63, 3.8) is 0 Å². The summed E-state index contributed by atoms with van der Waals surface area (Å²) in [6, 6.07) is 41.9. The molecule has 0 aliphatic heterocycles. The monoisotopic (exact) mass is 1100 g/mol. The number of fused-ring (bicyclic) bond motifs is 4. The predicted octanol–water partition coefficient (Wildman–Crippen LogP) is 14.6. The van der Waals surface area contributed by atoms with E-state index in [2.05, 4.69) is 175 Å². The van der Waals surface area contributed by atoms with Crippen LogP contribution in [-0.4, -0.2) is 37.8 Å². The number of imidazole rings is 1. The van der Waals surface area contributed by atoms with Crippen molar-refractivity contribution in [1.29, 1.82) is 0 Å². The minimum absolute atomic E-state index is 0. The standard InChI is InChI=1S/C33H25N4O.C24H34GeN.Ir/c1-20(2)26-13-8-14-27-28-18-24(19-35-33(28)38-31(26)27)32-36-30-21(3)34-16-15-29(30)37(32)25-12-7-11-23(17-25)22-9-5-4-6-10-22;1-18(2)14-22-16-24(26-17-23(22)25(3,4)5)21-13-9-12-20(15-21)19-10-7-6-8-11-19;/h4-18,20H,1-3H3;9,12,15-19H,6-8,10-11,14H2,1-5H3;/q2*-1;. The average molecular weight is 1090 g/mol. The fourth-order valence-electron chi connectivity index (χ4n) is 9.51. The first-order chi connectivity index (χ1) is 30.9. The molecule has 0 N–H and O–H groups in total. The van der Waals surface area contributed by atoms with Gasteiger partial charge in [0.25, 0.3) is 0 Å². The van der Waals surface area contributed by atoms with Gasteiger partial charge in [-0.1, -0.05) is 80.1 Å². The molecule has 1 aliphatic carbocycles. The van der Waals surface area contributed by atoms with Crippen LogP contribution in [0.4, 0.5) is 0 Å². The summed E-state index contributed by atoms with van der Waals surface area (Å²) in [6.07, 6.45) is 15.2. The van der Waals surface area contributed by atoms with Crippen molar-refractivity contribution in [1.82, 2.24) is 24.5 Å². The molecular weight excluding hydrogens is 1040 g/mol. The zero-order valence-corrected chi connectivity index (χ0v) is 43.5. The van der Waals surface area contributed by atoms with Crippen LogP contribution in [0.15, 0.2) is 126 Å². The number of hydrogen-bond donors (Lipinski definition) is 0. The first-order valence-corrected chi connectivity index (χ1v) is 30.5.